The minimum Gasteiger partial charge on any atom is -0.508 e. The zero-order valence-corrected chi connectivity index (χ0v) is 18.4. The third-order valence-electron chi connectivity index (χ3n) is 6.26. The van der Waals surface area contributed by atoms with Crippen LogP contribution in [0.15, 0.2) is 53.5 Å². The van der Waals surface area contributed by atoms with Crippen molar-refractivity contribution < 1.29 is 19.1 Å². The lowest BCUT2D eigenvalue weighted by Crippen LogP contribution is -2.52. The van der Waals surface area contributed by atoms with E-state index in [0.717, 1.165) is 17.2 Å². The van der Waals surface area contributed by atoms with Crippen molar-refractivity contribution in [3.05, 3.63) is 70.4 Å². The quantitative estimate of drug-likeness (QED) is 0.412. The molecule has 162 valence electrons. The molecule has 1 aliphatic rings. The summed E-state index contributed by atoms with van der Waals surface area (Å²) >= 11 is 1.55. The van der Waals surface area contributed by atoms with Gasteiger partial charge in [0.1, 0.15) is 22.6 Å². The molecule has 0 amide bonds. The van der Waals surface area contributed by atoms with Gasteiger partial charge in [0.2, 0.25) is 0 Å². The molecule has 3 heterocycles. The Balaban J connectivity index is 1.83. The van der Waals surface area contributed by atoms with Crippen LogP contribution in [-0.2, 0) is 15.0 Å². The predicted octanol–water partition coefficient (Wildman–Crippen LogP) is 5.38. The SMILES string of the molecule is CC1(C)CC(=O)C(c2cc(O)ccc2F)(c2c[nH]c3ncc(-c4ccsc4)cc23)C(=O)C1. The molecule has 1 fully saturated rings. The molecule has 0 spiro atoms. The Kier molecular flexibility index (Phi) is 4.57. The van der Waals surface area contributed by atoms with Crippen LogP contribution in [-0.4, -0.2) is 26.6 Å². The summed E-state index contributed by atoms with van der Waals surface area (Å²) in [6, 6.07) is 7.33. The van der Waals surface area contributed by atoms with Gasteiger partial charge in [-0.3, -0.25) is 9.59 Å². The number of carbonyl (C=O) groups is 2. The standard InChI is InChI=1S/C25H21FN2O3S/c1-24(2)9-21(30)25(22(31)10-24,18-8-16(29)3-4-20(18)26)19-12-28-23-17(19)7-15(11-27-23)14-5-6-32-13-14/h3-8,11-13,29H,9-10H2,1-2H3,(H,27,28). The summed E-state index contributed by atoms with van der Waals surface area (Å²) in [7, 11) is 0. The molecule has 0 bridgehead atoms. The van der Waals surface area contributed by atoms with Crippen LogP contribution in [0.1, 0.15) is 37.8 Å². The molecule has 3 aromatic heterocycles. The molecule has 1 aliphatic carbocycles. The van der Waals surface area contributed by atoms with Crippen molar-refractivity contribution in [2.45, 2.75) is 32.1 Å². The Bertz CT molecular complexity index is 1350. The molecule has 0 aliphatic heterocycles. The number of hydrogen-bond acceptors (Lipinski definition) is 5. The second kappa shape index (κ2) is 7.10. The number of H-pyrrole nitrogens is 1. The fourth-order valence-corrected chi connectivity index (χ4v) is 5.46. The van der Waals surface area contributed by atoms with Crippen molar-refractivity contribution in [3.63, 3.8) is 0 Å². The molecule has 5 rings (SSSR count). The van der Waals surface area contributed by atoms with Gasteiger partial charge in [0.15, 0.2) is 11.6 Å². The number of pyridine rings is 1. The summed E-state index contributed by atoms with van der Waals surface area (Å²) in [6.45, 7) is 3.72. The first-order chi connectivity index (χ1) is 15.2. The molecular formula is C25H21FN2O3S. The average Bonchev–Trinajstić information content (AvgIpc) is 3.40. The molecule has 1 saturated carbocycles. The smallest absolute Gasteiger partial charge is 0.156 e. The fourth-order valence-electron chi connectivity index (χ4n) is 4.80. The number of nitrogens with one attached hydrogen (secondary N) is 1. The molecule has 0 unspecified atom stereocenters. The monoisotopic (exact) mass is 448 g/mol. The number of phenolic OH excluding ortho intramolecular Hbond substituents is 1. The number of carbonyl (C=O) groups excluding carboxylic acids is 2. The zero-order valence-electron chi connectivity index (χ0n) is 17.6. The van der Waals surface area contributed by atoms with E-state index in [1.807, 2.05) is 36.7 Å². The van der Waals surface area contributed by atoms with Gasteiger partial charge in [0, 0.05) is 47.3 Å². The number of rotatable bonds is 3. The summed E-state index contributed by atoms with van der Waals surface area (Å²) in [5, 5.41) is 14.7. The van der Waals surface area contributed by atoms with E-state index >= 15 is 4.39 Å². The van der Waals surface area contributed by atoms with Crippen molar-refractivity contribution in [1.29, 1.82) is 0 Å². The molecule has 7 heteroatoms. The molecule has 4 aromatic rings. The second-order valence-corrected chi connectivity index (χ2v) is 9.89. The van der Waals surface area contributed by atoms with Gasteiger partial charge in [-0.2, -0.15) is 11.3 Å². The Labute approximate surface area is 187 Å². The minimum atomic E-state index is -1.86. The first kappa shape index (κ1) is 20.6. The number of ketones is 2. The highest BCUT2D eigenvalue weighted by atomic mass is 32.1. The Hall–Kier alpha value is -3.32. The van der Waals surface area contributed by atoms with E-state index < -0.39 is 16.6 Å². The van der Waals surface area contributed by atoms with Crippen LogP contribution in [0, 0.1) is 11.2 Å². The van der Waals surface area contributed by atoms with Gasteiger partial charge in [0.25, 0.3) is 0 Å². The van der Waals surface area contributed by atoms with Gasteiger partial charge in [-0.05, 0) is 52.1 Å². The highest BCUT2D eigenvalue weighted by molar-refractivity contribution is 7.08. The van der Waals surface area contributed by atoms with Crippen molar-refractivity contribution in [1.82, 2.24) is 9.97 Å². The van der Waals surface area contributed by atoms with Crippen LogP contribution >= 0.6 is 11.3 Å². The van der Waals surface area contributed by atoms with Crippen LogP contribution in [0.4, 0.5) is 4.39 Å². The molecule has 1 aromatic carbocycles. The summed E-state index contributed by atoms with van der Waals surface area (Å²) < 4.78 is 15.2. The maximum Gasteiger partial charge on any atom is 0.156 e. The van der Waals surface area contributed by atoms with Gasteiger partial charge < -0.3 is 10.1 Å². The van der Waals surface area contributed by atoms with Gasteiger partial charge in [0.05, 0.1) is 0 Å². The van der Waals surface area contributed by atoms with Crippen molar-refractivity contribution >= 4 is 33.9 Å². The fraction of sp³-hybridized carbons (Fsp3) is 0.240. The van der Waals surface area contributed by atoms with Gasteiger partial charge in [-0.1, -0.05) is 13.8 Å². The number of aromatic nitrogens is 2. The maximum atomic E-state index is 15.2. The summed E-state index contributed by atoms with van der Waals surface area (Å²) in [5.41, 5.74) is 0.169. The zero-order chi connectivity index (χ0) is 22.7. The third kappa shape index (κ3) is 2.99. The number of Topliss-reactive ketones (excluding diaryl/α,β-unsaturated/α-hetero) is 2. The number of halogens is 1. The van der Waals surface area contributed by atoms with Gasteiger partial charge >= 0.3 is 0 Å². The van der Waals surface area contributed by atoms with Crippen LogP contribution in [0.2, 0.25) is 0 Å². The average molecular weight is 449 g/mol. The highest BCUT2D eigenvalue weighted by Gasteiger charge is 2.56. The van der Waals surface area contributed by atoms with Crippen LogP contribution in [0.3, 0.4) is 0 Å². The molecule has 0 atom stereocenters. The Morgan fingerprint density at radius 1 is 1.06 bits per heavy atom. The van der Waals surface area contributed by atoms with Crippen molar-refractivity contribution in [2.75, 3.05) is 0 Å². The Morgan fingerprint density at radius 2 is 1.81 bits per heavy atom. The lowest BCUT2D eigenvalue weighted by molar-refractivity contribution is -0.140. The summed E-state index contributed by atoms with van der Waals surface area (Å²) in [5.74, 6) is -1.68. The number of aromatic amines is 1. The predicted molar refractivity (Wildman–Crippen MR) is 121 cm³/mol. The molecule has 0 saturated heterocycles. The lowest BCUT2D eigenvalue weighted by atomic mass is 9.58. The topological polar surface area (TPSA) is 83.0 Å². The van der Waals surface area contributed by atoms with E-state index in [1.54, 1.807) is 23.7 Å². The van der Waals surface area contributed by atoms with Crippen LogP contribution in [0.5, 0.6) is 5.75 Å². The number of hydrogen-bond donors (Lipinski definition) is 2. The van der Waals surface area contributed by atoms with Gasteiger partial charge in [-0.15, -0.1) is 0 Å². The number of phenols is 1. The van der Waals surface area contributed by atoms with Crippen molar-refractivity contribution in [3.8, 4) is 16.9 Å². The van der Waals surface area contributed by atoms with E-state index in [-0.39, 0.29) is 35.7 Å². The first-order valence-electron chi connectivity index (χ1n) is 10.3. The molecule has 2 N–H and O–H groups in total. The highest BCUT2D eigenvalue weighted by Crippen LogP contribution is 2.49. The number of nitrogens with zero attached hydrogens (tertiary/aromatic N) is 1. The number of aromatic hydroxyl groups is 1. The Morgan fingerprint density at radius 3 is 2.50 bits per heavy atom. The van der Waals surface area contributed by atoms with E-state index in [0.29, 0.717) is 16.6 Å². The molecular weight excluding hydrogens is 427 g/mol. The molecule has 0 radical (unpaired) electrons. The van der Waals surface area contributed by atoms with E-state index in [2.05, 4.69) is 9.97 Å². The van der Waals surface area contributed by atoms with E-state index in [9.17, 15) is 14.7 Å². The number of thiophene rings is 1. The van der Waals surface area contributed by atoms with Crippen LogP contribution < -0.4 is 0 Å². The second-order valence-electron chi connectivity index (χ2n) is 9.11. The minimum absolute atomic E-state index is 0.109. The first-order valence-corrected chi connectivity index (χ1v) is 11.2. The summed E-state index contributed by atoms with van der Waals surface area (Å²) in [6.07, 6.45) is 3.52. The normalized spacial score (nSPS) is 17.7. The van der Waals surface area contributed by atoms with Crippen LogP contribution in [0.25, 0.3) is 22.2 Å². The number of benzene rings is 1. The largest absolute Gasteiger partial charge is 0.508 e. The number of fused-ring (bicyclic) bond motifs is 1. The summed E-state index contributed by atoms with van der Waals surface area (Å²) in [4.78, 5) is 35.1. The van der Waals surface area contributed by atoms with E-state index in [1.165, 1.54) is 12.1 Å². The van der Waals surface area contributed by atoms with E-state index in [4.69, 9.17) is 0 Å². The maximum absolute atomic E-state index is 15.2. The lowest BCUT2D eigenvalue weighted by Gasteiger charge is -2.41. The van der Waals surface area contributed by atoms with Crippen molar-refractivity contribution in [2.24, 2.45) is 5.41 Å². The third-order valence-corrected chi connectivity index (χ3v) is 6.94. The molecule has 5 nitrogen and oxygen atoms in total. The molecule has 32 heavy (non-hydrogen) atoms. The van der Waals surface area contributed by atoms with Gasteiger partial charge in [-0.25, -0.2) is 9.37 Å².